The maximum Gasteiger partial charge on any atom is 0.308 e. The van der Waals surface area contributed by atoms with Gasteiger partial charge in [0.1, 0.15) is 11.6 Å². The summed E-state index contributed by atoms with van der Waals surface area (Å²) in [7, 11) is 0. The number of anilines is 1. The van der Waals surface area contributed by atoms with E-state index in [4.69, 9.17) is 4.74 Å². The highest BCUT2D eigenvalue weighted by molar-refractivity contribution is 5.95. The molecule has 0 atom stereocenters. The number of rotatable bonds is 7. The van der Waals surface area contributed by atoms with E-state index in [-0.39, 0.29) is 30.5 Å². The van der Waals surface area contributed by atoms with E-state index in [1.165, 1.54) is 25.1 Å². The van der Waals surface area contributed by atoms with Crippen molar-refractivity contribution in [2.75, 3.05) is 5.32 Å². The van der Waals surface area contributed by atoms with Crippen molar-refractivity contribution in [1.82, 2.24) is 5.32 Å². The molecule has 3 rings (SSSR count). The fraction of sp³-hybridized carbons (Fsp3) is 0.125. The van der Waals surface area contributed by atoms with Gasteiger partial charge in [-0.05, 0) is 47.5 Å². The molecule has 0 unspecified atom stereocenters. The molecule has 0 aliphatic rings. The Bertz CT molecular complexity index is 1110. The normalized spacial score (nSPS) is 10.3. The van der Waals surface area contributed by atoms with Crippen LogP contribution in [0.15, 0.2) is 72.8 Å². The summed E-state index contributed by atoms with van der Waals surface area (Å²) in [6.45, 7) is 1.46. The van der Waals surface area contributed by atoms with Gasteiger partial charge in [-0.3, -0.25) is 14.4 Å². The van der Waals surface area contributed by atoms with Gasteiger partial charge in [-0.15, -0.1) is 0 Å². The highest BCUT2D eigenvalue weighted by atomic mass is 19.1. The molecule has 0 spiro atoms. The van der Waals surface area contributed by atoms with Crippen LogP contribution in [0.25, 0.3) is 0 Å². The minimum Gasteiger partial charge on any atom is -0.427 e. The number of ether oxygens (including phenoxy) is 1. The minimum absolute atomic E-state index is 0.0292. The Balaban J connectivity index is 1.63. The standard InChI is InChI=1S/C24H21FN2O4/c1-16(28)31-21-10-5-8-18(14-21)24(30)26-15-19-7-2-3-11-22(19)27-23(29)13-17-6-4-9-20(25)12-17/h2-12,14H,13,15H2,1H3,(H,26,30)(H,27,29). The molecule has 3 aromatic carbocycles. The number of benzene rings is 3. The Kier molecular flexibility index (Phi) is 7.11. The predicted molar refractivity (Wildman–Crippen MR) is 114 cm³/mol. The van der Waals surface area contributed by atoms with E-state index < -0.39 is 11.8 Å². The van der Waals surface area contributed by atoms with E-state index in [0.29, 0.717) is 22.4 Å². The Morgan fingerprint density at radius 3 is 2.48 bits per heavy atom. The highest BCUT2D eigenvalue weighted by Gasteiger charge is 2.11. The number of carbonyl (C=O) groups is 3. The summed E-state index contributed by atoms with van der Waals surface area (Å²) in [4.78, 5) is 35.9. The Morgan fingerprint density at radius 1 is 0.935 bits per heavy atom. The second kappa shape index (κ2) is 10.2. The minimum atomic E-state index is -0.472. The zero-order valence-corrected chi connectivity index (χ0v) is 16.9. The van der Waals surface area contributed by atoms with Crippen LogP contribution in [0.4, 0.5) is 10.1 Å². The molecule has 2 N–H and O–H groups in total. The monoisotopic (exact) mass is 420 g/mol. The van der Waals surface area contributed by atoms with Gasteiger partial charge < -0.3 is 15.4 Å². The maximum atomic E-state index is 13.3. The third-order valence-corrected chi connectivity index (χ3v) is 4.34. The van der Waals surface area contributed by atoms with Crippen LogP contribution < -0.4 is 15.4 Å². The summed E-state index contributed by atoms with van der Waals surface area (Å²) in [6, 6.07) is 19.2. The van der Waals surface area contributed by atoms with Gasteiger partial charge in [-0.25, -0.2) is 4.39 Å². The average Bonchev–Trinajstić information content (AvgIpc) is 2.72. The van der Waals surface area contributed by atoms with Gasteiger partial charge in [0, 0.05) is 24.7 Å². The first-order valence-electron chi connectivity index (χ1n) is 9.59. The summed E-state index contributed by atoms with van der Waals surface area (Å²) in [6.07, 6.45) is 0.0292. The Morgan fingerprint density at radius 2 is 1.71 bits per heavy atom. The van der Waals surface area contributed by atoms with Gasteiger partial charge in [-0.1, -0.05) is 36.4 Å². The van der Waals surface area contributed by atoms with E-state index in [1.807, 2.05) is 0 Å². The van der Waals surface area contributed by atoms with Crippen LogP contribution in [0.3, 0.4) is 0 Å². The topological polar surface area (TPSA) is 84.5 Å². The summed E-state index contributed by atoms with van der Waals surface area (Å²) in [5.74, 6) is -1.23. The lowest BCUT2D eigenvalue weighted by molar-refractivity contribution is -0.131. The van der Waals surface area contributed by atoms with Crippen LogP contribution >= 0.6 is 0 Å². The number of para-hydroxylation sites is 1. The lowest BCUT2D eigenvalue weighted by Crippen LogP contribution is -2.24. The van der Waals surface area contributed by atoms with Crippen molar-refractivity contribution >= 4 is 23.5 Å². The second-order valence-electron chi connectivity index (χ2n) is 6.82. The van der Waals surface area contributed by atoms with Crippen LogP contribution in [-0.2, 0) is 22.6 Å². The van der Waals surface area contributed by atoms with Crippen LogP contribution in [0.5, 0.6) is 5.75 Å². The molecule has 0 fully saturated rings. The number of esters is 1. The first-order chi connectivity index (χ1) is 14.9. The number of hydrogen-bond acceptors (Lipinski definition) is 4. The zero-order valence-electron chi connectivity index (χ0n) is 16.9. The molecular formula is C24H21FN2O4. The third kappa shape index (κ3) is 6.50. The summed E-state index contributed by atoms with van der Waals surface area (Å²) >= 11 is 0. The molecular weight excluding hydrogens is 399 g/mol. The van der Waals surface area contributed by atoms with E-state index in [1.54, 1.807) is 54.6 Å². The molecule has 158 valence electrons. The molecule has 2 amide bonds. The van der Waals surface area contributed by atoms with Crippen molar-refractivity contribution in [2.45, 2.75) is 19.9 Å². The van der Waals surface area contributed by atoms with Gasteiger partial charge in [0.15, 0.2) is 0 Å². The third-order valence-electron chi connectivity index (χ3n) is 4.34. The number of amides is 2. The fourth-order valence-electron chi connectivity index (χ4n) is 2.97. The molecule has 0 aromatic heterocycles. The highest BCUT2D eigenvalue weighted by Crippen LogP contribution is 2.17. The first-order valence-corrected chi connectivity index (χ1v) is 9.59. The first kappa shape index (κ1) is 21.7. The summed E-state index contributed by atoms with van der Waals surface area (Å²) in [5.41, 5.74) is 2.17. The number of hydrogen-bond donors (Lipinski definition) is 2. The quantitative estimate of drug-likeness (QED) is 0.449. The number of carbonyl (C=O) groups excluding carboxylic acids is 3. The molecule has 3 aromatic rings. The predicted octanol–water partition coefficient (Wildman–Crippen LogP) is 3.86. The number of nitrogens with one attached hydrogen (secondary N) is 2. The van der Waals surface area contributed by atoms with Crippen molar-refractivity contribution < 1.29 is 23.5 Å². The van der Waals surface area contributed by atoms with E-state index in [9.17, 15) is 18.8 Å². The average molecular weight is 420 g/mol. The van der Waals surface area contributed by atoms with Crippen LogP contribution in [0, 0.1) is 5.82 Å². The van der Waals surface area contributed by atoms with Gasteiger partial charge in [0.25, 0.3) is 5.91 Å². The maximum absolute atomic E-state index is 13.3. The molecule has 0 radical (unpaired) electrons. The van der Waals surface area contributed by atoms with Gasteiger partial charge in [-0.2, -0.15) is 0 Å². The molecule has 0 saturated heterocycles. The van der Waals surface area contributed by atoms with Gasteiger partial charge >= 0.3 is 5.97 Å². The van der Waals surface area contributed by atoms with Gasteiger partial charge in [0.05, 0.1) is 6.42 Å². The van der Waals surface area contributed by atoms with Gasteiger partial charge in [0.2, 0.25) is 5.91 Å². The van der Waals surface area contributed by atoms with Crippen molar-refractivity contribution in [3.63, 3.8) is 0 Å². The Hall–Kier alpha value is -4.00. The van der Waals surface area contributed by atoms with E-state index >= 15 is 0 Å². The Labute approximate surface area is 179 Å². The lowest BCUT2D eigenvalue weighted by atomic mass is 10.1. The molecule has 0 aliphatic heterocycles. The van der Waals surface area contributed by atoms with Crippen molar-refractivity contribution in [3.8, 4) is 5.75 Å². The SMILES string of the molecule is CC(=O)Oc1cccc(C(=O)NCc2ccccc2NC(=O)Cc2cccc(F)c2)c1. The van der Waals surface area contributed by atoms with Crippen LogP contribution in [0.1, 0.15) is 28.4 Å². The zero-order chi connectivity index (χ0) is 22.2. The summed E-state index contributed by atoms with van der Waals surface area (Å²) < 4.78 is 18.3. The van der Waals surface area contributed by atoms with Crippen molar-refractivity contribution in [3.05, 3.63) is 95.3 Å². The molecule has 0 heterocycles. The fourth-order valence-corrected chi connectivity index (χ4v) is 2.97. The van der Waals surface area contributed by atoms with Crippen LogP contribution in [0.2, 0.25) is 0 Å². The van der Waals surface area contributed by atoms with E-state index in [2.05, 4.69) is 10.6 Å². The number of halogens is 1. The van der Waals surface area contributed by atoms with Crippen molar-refractivity contribution in [1.29, 1.82) is 0 Å². The molecule has 0 bridgehead atoms. The van der Waals surface area contributed by atoms with Crippen LogP contribution in [-0.4, -0.2) is 17.8 Å². The molecule has 0 aliphatic carbocycles. The van der Waals surface area contributed by atoms with E-state index in [0.717, 1.165) is 0 Å². The van der Waals surface area contributed by atoms with Crippen molar-refractivity contribution in [2.24, 2.45) is 0 Å². The molecule has 31 heavy (non-hydrogen) atoms. The smallest absolute Gasteiger partial charge is 0.308 e. The lowest BCUT2D eigenvalue weighted by Gasteiger charge is -2.12. The molecule has 6 nitrogen and oxygen atoms in total. The molecule has 0 saturated carbocycles. The largest absolute Gasteiger partial charge is 0.427 e. The molecule has 7 heteroatoms. The second-order valence-corrected chi connectivity index (χ2v) is 6.82. The summed E-state index contributed by atoms with van der Waals surface area (Å²) in [5, 5.41) is 5.59.